The summed E-state index contributed by atoms with van der Waals surface area (Å²) in [5.41, 5.74) is 10.5. The Morgan fingerprint density at radius 3 is 2.82 bits per heavy atom. The molecule has 0 spiro atoms. The number of primary amides is 1. The molecule has 1 aliphatic carbocycles. The molecule has 0 bridgehead atoms. The van der Waals surface area contributed by atoms with Crippen LogP contribution in [0.25, 0.3) is 0 Å². The van der Waals surface area contributed by atoms with Crippen LogP contribution in [-0.2, 0) is 0 Å². The van der Waals surface area contributed by atoms with E-state index in [0.29, 0.717) is 12.5 Å². The molecule has 64 valence electrons. The van der Waals surface area contributed by atoms with E-state index in [1.54, 1.807) is 0 Å². The van der Waals surface area contributed by atoms with Gasteiger partial charge in [0.2, 0.25) is 0 Å². The van der Waals surface area contributed by atoms with Crippen LogP contribution in [0.5, 0.6) is 0 Å². The van der Waals surface area contributed by atoms with Crippen molar-refractivity contribution in [2.75, 3.05) is 6.54 Å². The van der Waals surface area contributed by atoms with E-state index in [4.69, 9.17) is 11.5 Å². The molecule has 0 aromatic carbocycles. The summed E-state index contributed by atoms with van der Waals surface area (Å²) in [5.74, 6) is 0.433. The number of hydrogen-bond donors (Lipinski definition) is 3. The van der Waals surface area contributed by atoms with Crippen LogP contribution in [0.15, 0.2) is 0 Å². The van der Waals surface area contributed by atoms with Crippen LogP contribution in [0.4, 0.5) is 4.79 Å². The second-order valence-electron chi connectivity index (χ2n) is 3.04. The summed E-state index contributed by atoms with van der Waals surface area (Å²) in [6.45, 7) is 0.644. The number of carbonyl (C=O) groups is 1. The summed E-state index contributed by atoms with van der Waals surface area (Å²) in [4.78, 5) is 10.5. The third-order valence-electron chi connectivity index (χ3n) is 2.29. The van der Waals surface area contributed by atoms with Gasteiger partial charge in [-0.15, -0.1) is 0 Å². The fourth-order valence-corrected chi connectivity index (χ4v) is 1.69. The van der Waals surface area contributed by atoms with Gasteiger partial charge in [-0.1, -0.05) is 6.42 Å². The lowest BCUT2D eigenvalue weighted by Crippen LogP contribution is -2.42. The molecule has 0 aromatic heterocycles. The van der Waals surface area contributed by atoms with Crippen molar-refractivity contribution in [3.05, 3.63) is 0 Å². The number of nitrogens with two attached hydrogens (primary N) is 2. The Hall–Kier alpha value is -0.770. The maximum Gasteiger partial charge on any atom is 0.312 e. The second-order valence-corrected chi connectivity index (χ2v) is 3.04. The third kappa shape index (κ3) is 2.08. The maximum atomic E-state index is 10.5. The molecule has 0 aliphatic heterocycles. The fraction of sp³-hybridized carbons (Fsp3) is 0.857. The van der Waals surface area contributed by atoms with E-state index in [0.717, 1.165) is 19.3 Å². The summed E-state index contributed by atoms with van der Waals surface area (Å²) in [7, 11) is 0. The van der Waals surface area contributed by atoms with E-state index in [-0.39, 0.29) is 6.04 Å². The van der Waals surface area contributed by atoms with Crippen LogP contribution in [-0.4, -0.2) is 18.6 Å². The van der Waals surface area contributed by atoms with E-state index < -0.39 is 6.03 Å². The molecule has 4 nitrogen and oxygen atoms in total. The van der Waals surface area contributed by atoms with Gasteiger partial charge in [0, 0.05) is 6.04 Å². The number of nitrogens with one attached hydrogen (secondary N) is 1. The summed E-state index contributed by atoms with van der Waals surface area (Å²) in [6, 6.07) is -0.215. The third-order valence-corrected chi connectivity index (χ3v) is 2.29. The minimum Gasteiger partial charge on any atom is -0.352 e. The van der Waals surface area contributed by atoms with Gasteiger partial charge in [0.05, 0.1) is 0 Å². The molecule has 0 heterocycles. The van der Waals surface area contributed by atoms with Crippen LogP contribution < -0.4 is 16.8 Å². The number of urea groups is 1. The van der Waals surface area contributed by atoms with Crippen molar-refractivity contribution in [3.63, 3.8) is 0 Å². The number of carbonyl (C=O) groups excluding carboxylic acids is 1. The lowest BCUT2D eigenvalue weighted by molar-refractivity contribution is 0.242. The Morgan fingerprint density at radius 2 is 2.27 bits per heavy atom. The van der Waals surface area contributed by atoms with E-state index in [1.165, 1.54) is 0 Å². The Labute approximate surface area is 66.3 Å². The van der Waals surface area contributed by atoms with Gasteiger partial charge in [0.1, 0.15) is 0 Å². The van der Waals surface area contributed by atoms with Gasteiger partial charge < -0.3 is 16.8 Å². The van der Waals surface area contributed by atoms with Gasteiger partial charge in [-0.3, -0.25) is 0 Å². The fourth-order valence-electron chi connectivity index (χ4n) is 1.69. The second kappa shape index (κ2) is 3.57. The SMILES string of the molecule is NCC1CCCC1NC(N)=O. The van der Waals surface area contributed by atoms with Gasteiger partial charge >= 0.3 is 6.03 Å². The first-order chi connectivity index (χ1) is 5.24. The quantitative estimate of drug-likeness (QED) is 0.518. The summed E-state index contributed by atoms with van der Waals surface area (Å²) in [6.07, 6.45) is 3.28. The van der Waals surface area contributed by atoms with E-state index >= 15 is 0 Å². The Balaban J connectivity index is 2.37. The molecule has 2 amide bonds. The van der Waals surface area contributed by atoms with Crippen molar-refractivity contribution in [1.29, 1.82) is 0 Å². The van der Waals surface area contributed by atoms with Crippen molar-refractivity contribution in [1.82, 2.24) is 5.32 Å². The predicted molar refractivity (Wildman–Crippen MR) is 42.9 cm³/mol. The van der Waals surface area contributed by atoms with Crippen molar-refractivity contribution < 1.29 is 4.79 Å². The predicted octanol–water partition coefficient (Wildman–Crippen LogP) is -0.218. The van der Waals surface area contributed by atoms with Crippen LogP contribution in [0.2, 0.25) is 0 Å². The van der Waals surface area contributed by atoms with Crippen molar-refractivity contribution in [2.24, 2.45) is 17.4 Å². The average molecular weight is 157 g/mol. The Kier molecular flexibility index (Phi) is 2.70. The molecule has 0 aromatic rings. The zero-order valence-corrected chi connectivity index (χ0v) is 6.55. The Morgan fingerprint density at radius 1 is 1.55 bits per heavy atom. The molecule has 0 radical (unpaired) electrons. The van der Waals surface area contributed by atoms with Crippen molar-refractivity contribution >= 4 is 6.03 Å². The normalized spacial score (nSPS) is 30.3. The summed E-state index contributed by atoms with van der Waals surface area (Å²) < 4.78 is 0. The van der Waals surface area contributed by atoms with E-state index in [1.807, 2.05) is 0 Å². The van der Waals surface area contributed by atoms with E-state index in [2.05, 4.69) is 5.32 Å². The first-order valence-corrected chi connectivity index (χ1v) is 4.00. The highest BCUT2D eigenvalue weighted by Crippen LogP contribution is 2.24. The zero-order chi connectivity index (χ0) is 8.27. The molecule has 1 aliphatic rings. The lowest BCUT2D eigenvalue weighted by Gasteiger charge is -2.17. The van der Waals surface area contributed by atoms with Gasteiger partial charge in [-0.05, 0) is 25.3 Å². The standard InChI is InChI=1S/C7H15N3O/c8-4-5-2-1-3-6(5)10-7(9)11/h5-6H,1-4,8H2,(H3,9,10,11). The van der Waals surface area contributed by atoms with Gasteiger partial charge in [0.15, 0.2) is 0 Å². The average Bonchev–Trinajstić information content (AvgIpc) is 2.34. The van der Waals surface area contributed by atoms with E-state index in [9.17, 15) is 4.79 Å². The summed E-state index contributed by atoms with van der Waals surface area (Å²) in [5, 5.41) is 2.70. The van der Waals surface area contributed by atoms with Crippen molar-refractivity contribution in [3.8, 4) is 0 Å². The summed E-state index contributed by atoms with van der Waals surface area (Å²) >= 11 is 0. The number of hydrogen-bond acceptors (Lipinski definition) is 2. The zero-order valence-electron chi connectivity index (χ0n) is 6.55. The van der Waals surface area contributed by atoms with Gasteiger partial charge in [-0.2, -0.15) is 0 Å². The van der Waals surface area contributed by atoms with Crippen LogP contribution in [0.3, 0.4) is 0 Å². The molecule has 2 atom stereocenters. The first kappa shape index (κ1) is 8.33. The number of amides is 2. The highest BCUT2D eigenvalue weighted by molar-refractivity contribution is 5.72. The van der Waals surface area contributed by atoms with Gasteiger partial charge in [0.25, 0.3) is 0 Å². The largest absolute Gasteiger partial charge is 0.352 e. The molecular formula is C7H15N3O. The minimum absolute atomic E-state index is 0.220. The highest BCUT2D eigenvalue weighted by atomic mass is 16.2. The molecule has 1 fully saturated rings. The molecule has 11 heavy (non-hydrogen) atoms. The molecule has 1 rings (SSSR count). The van der Waals surface area contributed by atoms with Gasteiger partial charge in [-0.25, -0.2) is 4.79 Å². The first-order valence-electron chi connectivity index (χ1n) is 4.00. The monoisotopic (exact) mass is 157 g/mol. The topological polar surface area (TPSA) is 81.1 Å². The molecule has 0 saturated heterocycles. The minimum atomic E-state index is -0.435. The number of rotatable bonds is 2. The van der Waals surface area contributed by atoms with Crippen LogP contribution in [0, 0.1) is 5.92 Å². The van der Waals surface area contributed by atoms with Crippen LogP contribution in [0.1, 0.15) is 19.3 Å². The molecule has 1 saturated carbocycles. The molecular weight excluding hydrogens is 142 g/mol. The maximum absolute atomic E-state index is 10.5. The Bertz CT molecular complexity index is 149. The highest BCUT2D eigenvalue weighted by Gasteiger charge is 2.26. The molecule has 2 unspecified atom stereocenters. The lowest BCUT2D eigenvalue weighted by atomic mass is 10.0. The molecule has 4 heteroatoms. The van der Waals surface area contributed by atoms with Crippen LogP contribution >= 0.6 is 0 Å². The molecule has 5 N–H and O–H groups in total. The van der Waals surface area contributed by atoms with Crippen molar-refractivity contribution in [2.45, 2.75) is 25.3 Å². The smallest absolute Gasteiger partial charge is 0.312 e.